The van der Waals surface area contributed by atoms with Gasteiger partial charge in [-0.15, -0.1) is 0 Å². The molecule has 1 fully saturated rings. The van der Waals surface area contributed by atoms with Crippen molar-refractivity contribution in [2.45, 2.75) is 18.8 Å². The van der Waals surface area contributed by atoms with Crippen LogP contribution >= 0.6 is 0 Å². The van der Waals surface area contributed by atoms with Gasteiger partial charge in [-0.05, 0) is 31.0 Å². The molecule has 0 N–H and O–H groups in total. The Hall–Kier alpha value is -2.76. The quantitative estimate of drug-likeness (QED) is 0.690. The molecule has 0 spiro atoms. The summed E-state index contributed by atoms with van der Waals surface area (Å²) in [6.07, 6.45) is 2.07. The zero-order valence-corrected chi connectivity index (χ0v) is 12.4. The number of esters is 1. The highest BCUT2D eigenvalue weighted by Crippen LogP contribution is 2.41. The minimum atomic E-state index is -0.514. The average Bonchev–Trinajstić information content (AvgIpc) is 3.34. The summed E-state index contributed by atoms with van der Waals surface area (Å²) in [7, 11) is 1.31. The lowest BCUT2D eigenvalue weighted by molar-refractivity contribution is 0.0602. The van der Waals surface area contributed by atoms with Gasteiger partial charge in [-0.25, -0.2) is 14.2 Å². The van der Waals surface area contributed by atoms with E-state index in [1.807, 2.05) is 0 Å². The van der Waals surface area contributed by atoms with E-state index in [2.05, 4.69) is 10.1 Å². The van der Waals surface area contributed by atoms with E-state index >= 15 is 0 Å². The average molecular weight is 312 g/mol. The first kappa shape index (κ1) is 13.9. The van der Waals surface area contributed by atoms with Crippen LogP contribution in [0.25, 0.3) is 22.4 Å². The van der Waals surface area contributed by atoms with Crippen molar-refractivity contribution in [1.82, 2.24) is 10.1 Å². The van der Waals surface area contributed by atoms with Crippen LogP contribution in [0.5, 0.6) is 0 Å². The van der Waals surface area contributed by atoms with E-state index in [1.165, 1.54) is 13.2 Å². The third kappa shape index (κ3) is 2.27. The van der Waals surface area contributed by atoms with E-state index in [-0.39, 0.29) is 17.0 Å². The van der Waals surface area contributed by atoms with Gasteiger partial charge in [-0.1, -0.05) is 17.3 Å². The minimum absolute atomic E-state index is 0.230. The van der Waals surface area contributed by atoms with E-state index in [4.69, 9.17) is 9.26 Å². The van der Waals surface area contributed by atoms with Gasteiger partial charge in [0.25, 0.3) is 5.71 Å². The summed E-state index contributed by atoms with van der Waals surface area (Å²) in [5, 5.41) is 4.32. The Bertz CT molecular complexity index is 915. The van der Waals surface area contributed by atoms with Crippen molar-refractivity contribution >= 4 is 17.1 Å². The van der Waals surface area contributed by atoms with Gasteiger partial charge in [0.05, 0.1) is 18.1 Å². The summed E-state index contributed by atoms with van der Waals surface area (Å²) in [5.41, 5.74) is 1.84. The molecule has 1 aliphatic carbocycles. The van der Waals surface area contributed by atoms with Crippen LogP contribution in [0.4, 0.5) is 4.39 Å². The van der Waals surface area contributed by atoms with Crippen molar-refractivity contribution in [3.63, 3.8) is 0 Å². The zero-order valence-electron chi connectivity index (χ0n) is 12.4. The Morgan fingerprint density at radius 1 is 1.35 bits per heavy atom. The molecule has 1 aliphatic rings. The first-order valence-corrected chi connectivity index (χ1v) is 7.32. The number of hydrogen-bond acceptors (Lipinski definition) is 5. The van der Waals surface area contributed by atoms with Crippen LogP contribution < -0.4 is 0 Å². The second kappa shape index (κ2) is 5.15. The predicted octanol–water partition coefficient (Wildman–Crippen LogP) is 3.69. The zero-order chi connectivity index (χ0) is 16.0. The molecule has 0 atom stereocenters. The number of carbonyl (C=O) groups excluding carboxylic acids is 1. The normalized spacial score (nSPS) is 14.2. The highest BCUT2D eigenvalue weighted by atomic mass is 19.1. The Balaban J connectivity index is 2.00. The lowest BCUT2D eigenvalue weighted by Gasteiger charge is -2.05. The number of nitrogens with zero attached hydrogens (tertiary/aromatic N) is 2. The molecule has 1 aromatic carbocycles. The standard InChI is InChI=1S/C17H13FN2O3/c1-22-17(21)11-8-13(9-6-7-9)19-16-14(11)15(20-23-16)10-4-2-3-5-12(10)18/h2-5,8-9H,6-7H2,1H3. The van der Waals surface area contributed by atoms with Crippen molar-refractivity contribution in [2.24, 2.45) is 0 Å². The topological polar surface area (TPSA) is 65.2 Å². The fourth-order valence-corrected chi connectivity index (χ4v) is 2.67. The Morgan fingerprint density at radius 3 is 2.83 bits per heavy atom. The summed E-state index contributed by atoms with van der Waals surface area (Å²) in [5.74, 6) is -0.616. The van der Waals surface area contributed by atoms with Crippen LogP contribution in [0.2, 0.25) is 0 Å². The number of hydrogen-bond donors (Lipinski definition) is 0. The molecule has 5 nitrogen and oxygen atoms in total. The van der Waals surface area contributed by atoms with E-state index in [0.29, 0.717) is 16.9 Å². The van der Waals surface area contributed by atoms with Gasteiger partial charge in [0.15, 0.2) is 0 Å². The van der Waals surface area contributed by atoms with Crippen molar-refractivity contribution < 1.29 is 18.4 Å². The molecule has 6 heteroatoms. The molecule has 0 radical (unpaired) electrons. The molecule has 4 rings (SSSR count). The summed E-state index contributed by atoms with van der Waals surface area (Å²) < 4.78 is 24.2. The third-order valence-electron chi connectivity index (χ3n) is 4.00. The van der Waals surface area contributed by atoms with Crippen molar-refractivity contribution in [2.75, 3.05) is 7.11 Å². The molecule has 2 heterocycles. The third-order valence-corrected chi connectivity index (χ3v) is 4.00. The number of carbonyl (C=O) groups is 1. The maximum Gasteiger partial charge on any atom is 0.338 e. The van der Waals surface area contributed by atoms with Gasteiger partial charge in [-0.3, -0.25) is 0 Å². The highest BCUT2D eigenvalue weighted by molar-refractivity contribution is 6.07. The Labute approximate surface area is 131 Å². The predicted molar refractivity (Wildman–Crippen MR) is 80.5 cm³/mol. The minimum Gasteiger partial charge on any atom is -0.465 e. The number of aromatic nitrogens is 2. The highest BCUT2D eigenvalue weighted by Gasteiger charge is 2.30. The first-order chi connectivity index (χ1) is 11.2. The number of pyridine rings is 1. The monoisotopic (exact) mass is 312 g/mol. The van der Waals surface area contributed by atoms with Gasteiger partial charge >= 0.3 is 5.97 Å². The fraction of sp³-hybridized carbons (Fsp3) is 0.235. The van der Waals surface area contributed by atoms with E-state index < -0.39 is 11.8 Å². The van der Waals surface area contributed by atoms with Crippen LogP contribution in [0.15, 0.2) is 34.9 Å². The lowest BCUT2D eigenvalue weighted by Crippen LogP contribution is -2.04. The number of rotatable bonds is 3. The number of halogens is 1. The van der Waals surface area contributed by atoms with Gasteiger partial charge < -0.3 is 9.26 Å². The fourth-order valence-electron chi connectivity index (χ4n) is 2.67. The van der Waals surface area contributed by atoms with Gasteiger partial charge in [-0.2, -0.15) is 0 Å². The second-order valence-electron chi connectivity index (χ2n) is 5.55. The SMILES string of the molecule is COC(=O)c1cc(C2CC2)nc2onc(-c3ccccc3F)c12. The molecule has 23 heavy (non-hydrogen) atoms. The molecule has 1 saturated carbocycles. The van der Waals surface area contributed by atoms with Gasteiger partial charge in [0.2, 0.25) is 0 Å². The summed E-state index contributed by atoms with van der Waals surface area (Å²) in [6, 6.07) is 7.91. The first-order valence-electron chi connectivity index (χ1n) is 7.32. The van der Waals surface area contributed by atoms with Crippen molar-refractivity contribution in [1.29, 1.82) is 0 Å². The second-order valence-corrected chi connectivity index (χ2v) is 5.55. The van der Waals surface area contributed by atoms with E-state index in [1.54, 1.807) is 24.3 Å². The smallest absolute Gasteiger partial charge is 0.338 e. The van der Waals surface area contributed by atoms with Crippen molar-refractivity contribution in [3.05, 3.63) is 47.4 Å². The number of ether oxygens (including phenoxy) is 1. The van der Waals surface area contributed by atoms with Crippen LogP contribution in [-0.2, 0) is 4.74 Å². The van der Waals surface area contributed by atoms with E-state index in [0.717, 1.165) is 18.5 Å². The Kier molecular flexibility index (Phi) is 3.11. The van der Waals surface area contributed by atoms with E-state index in [9.17, 15) is 9.18 Å². The summed E-state index contributed by atoms with van der Waals surface area (Å²) >= 11 is 0. The molecule has 2 aromatic heterocycles. The molecule has 0 bridgehead atoms. The van der Waals surface area contributed by atoms with Crippen LogP contribution in [0.1, 0.15) is 34.8 Å². The number of fused-ring (bicyclic) bond motifs is 1. The molecule has 0 amide bonds. The van der Waals surface area contributed by atoms with Crippen LogP contribution in [0.3, 0.4) is 0 Å². The Morgan fingerprint density at radius 2 is 2.13 bits per heavy atom. The largest absolute Gasteiger partial charge is 0.465 e. The molecular formula is C17H13FN2O3. The van der Waals surface area contributed by atoms with Gasteiger partial charge in [0.1, 0.15) is 11.5 Å². The van der Waals surface area contributed by atoms with Crippen LogP contribution in [-0.4, -0.2) is 23.2 Å². The molecule has 116 valence electrons. The molecule has 3 aromatic rings. The lowest BCUT2D eigenvalue weighted by atomic mass is 10.0. The van der Waals surface area contributed by atoms with Crippen molar-refractivity contribution in [3.8, 4) is 11.3 Å². The van der Waals surface area contributed by atoms with Crippen LogP contribution in [0, 0.1) is 5.82 Å². The number of methoxy groups -OCH3 is 1. The number of benzene rings is 1. The molecule has 0 aliphatic heterocycles. The molecule has 0 saturated heterocycles. The molecular weight excluding hydrogens is 299 g/mol. The summed E-state index contributed by atoms with van der Waals surface area (Å²) in [4.78, 5) is 16.6. The van der Waals surface area contributed by atoms with Gasteiger partial charge in [0, 0.05) is 17.2 Å². The maximum atomic E-state index is 14.1. The summed E-state index contributed by atoms with van der Waals surface area (Å²) in [6.45, 7) is 0. The molecule has 0 unspecified atom stereocenters. The maximum absolute atomic E-state index is 14.1.